The molecule has 0 unspecified atom stereocenters. The van der Waals surface area contributed by atoms with Gasteiger partial charge in [0.1, 0.15) is 6.04 Å². The Morgan fingerprint density at radius 1 is 1.30 bits per heavy atom. The number of rotatable bonds is 3. The van der Waals surface area contributed by atoms with Crippen LogP contribution in [0.15, 0.2) is 30.6 Å². The third kappa shape index (κ3) is 3.04. The Morgan fingerprint density at radius 3 is 2.78 bits per heavy atom. The summed E-state index contributed by atoms with van der Waals surface area (Å²) >= 11 is 12.0. The molecule has 0 saturated carbocycles. The van der Waals surface area contributed by atoms with Crippen molar-refractivity contribution >= 4 is 35.1 Å². The Kier molecular flexibility index (Phi) is 4.28. The molecular weight excluding hydrogens is 341 g/mol. The highest BCUT2D eigenvalue weighted by atomic mass is 35.5. The van der Waals surface area contributed by atoms with E-state index >= 15 is 0 Å². The van der Waals surface area contributed by atoms with Crippen molar-refractivity contribution in [1.29, 1.82) is 0 Å². The van der Waals surface area contributed by atoms with Crippen LogP contribution in [-0.4, -0.2) is 44.3 Å². The molecule has 1 aliphatic heterocycles. The molecule has 1 aromatic carbocycles. The highest BCUT2D eigenvalue weighted by Crippen LogP contribution is 2.25. The lowest BCUT2D eigenvalue weighted by molar-refractivity contribution is -0.141. The van der Waals surface area contributed by atoms with E-state index < -0.39 is 12.0 Å². The van der Waals surface area contributed by atoms with Crippen molar-refractivity contribution in [2.75, 3.05) is 6.54 Å². The topological polar surface area (TPSA) is 75.4 Å². The first-order valence-electron chi connectivity index (χ1n) is 7.01. The standard InChI is InChI=1S/C15H13Cl2N3O3/c16-10-3-4-12(11(17)6-10)20-8-9(7-18-20)14(21)19-5-1-2-13(19)15(22)23/h3-4,6-8,13H,1-2,5H2,(H,22,23)/t13-/m0/s1. The first kappa shape index (κ1) is 15.8. The molecule has 0 bridgehead atoms. The number of carboxylic acids is 1. The summed E-state index contributed by atoms with van der Waals surface area (Å²) in [5.74, 6) is -1.32. The van der Waals surface area contributed by atoms with Gasteiger partial charge in [-0.05, 0) is 31.0 Å². The van der Waals surface area contributed by atoms with Crippen LogP contribution in [0.4, 0.5) is 0 Å². The Hall–Kier alpha value is -2.05. The number of benzene rings is 1. The van der Waals surface area contributed by atoms with Crippen LogP contribution in [-0.2, 0) is 4.79 Å². The smallest absolute Gasteiger partial charge is 0.326 e. The van der Waals surface area contributed by atoms with E-state index in [2.05, 4.69) is 5.10 Å². The van der Waals surface area contributed by atoms with Gasteiger partial charge in [-0.1, -0.05) is 23.2 Å². The third-order valence-electron chi connectivity index (χ3n) is 3.78. The van der Waals surface area contributed by atoms with Gasteiger partial charge in [0.25, 0.3) is 5.91 Å². The van der Waals surface area contributed by atoms with Gasteiger partial charge in [-0.25, -0.2) is 9.48 Å². The fourth-order valence-corrected chi connectivity index (χ4v) is 3.16. The predicted molar refractivity (Wildman–Crippen MR) is 85.3 cm³/mol. The van der Waals surface area contributed by atoms with Crippen molar-refractivity contribution in [1.82, 2.24) is 14.7 Å². The number of carbonyl (C=O) groups is 2. The van der Waals surface area contributed by atoms with Crippen LogP contribution in [0.3, 0.4) is 0 Å². The van der Waals surface area contributed by atoms with Gasteiger partial charge in [-0.15, -0.1) is 0 Å². The first-order valence-corrected chi connectivity index (χ1v) is 7.77. The first-order chi connectivity index (χ1) is 11.0. The molecule has 120 valence electrons. The van der Waals surface area contributed by atoms with Crippen LogP contribution in [0.25, 0.3) is 5.69 Å². The maximum Gasteiger partial charge on any atom is 0.326 e. The average Bonchev–Trinajstić information content (AvgIpc) is 3.16. The number of likely N-dealkylation sites (tertiary alicyclic amines) is 1. The van der Waals surface area contributed by atoms with E-state index in [-0.39, 0.29) is 5.91 Å². The van der Waals surface area contributed by atoms with Gasteiger partial charge in [0.15, 0.2) is 0 Å². The second-order valence-electron chi connectivity index (χ2n) is 5.26. The summed E-state index contributed by atoms with van der Waals surface area (Å²) in [5, 5.41) is 14.2. The van der Waals surface area contributed by atoms with Gasteiger partial charge in [-0.3, -0.25) is 4.79 Å². The number of aliphatic carboxylic acids is 1. The Balaban J connectivity index is 1.87. The lowest BCUT2D eigenvalue weighted by atomic mass is 10.2. The lowest BCUT2D eigenvalue weighted by Gasteiger charge is -2.20. The fourth-order valence-electron chi connectivity index (χ4n) is 2.66. The van der Waals surface area contributed by atoms with Gasteiger partial charge >= 0.3 is 5.97 Å². The van der Waals surface area contributed by atoms with Crippen LogP contribution in [0, 0.1) is 0 Å². The van der Waals surface area contributed by atoms with E-state index in [0.29, 0.717) is 40.7 Å². The summed E-state index contributed by atoms with van der Waals surface area (Å²) in [6, 6.07) is 4.18. The number of hydrogen-bond acceptors (Lipinski definition) is 3. The molecule has 1 N–H and O–H groups in total. The van der Waals surface area contributed by atoms with Crippen LogP contribution < -0.4 is 0 Å². The summed E-state index contributed by atoms with van der Waals surface area (Å²) in [5.41, 5.74) is 0.912. The molecule has 1 amide bonds. The van der Waals surface area contributed by atoms with Crippen LogP contribution in [0.5, 0.6) is 0 Å². The molecule has 1 aliphatic rings. The summed E-state index contributed by atoms with van der Waals surface area (Å²) in [7, 11) is 0. The second-order valence-corrected chi connectivity index (χ2v) is 6.11. The van der Waals surface area contributed by atoms with E-state index in [4.69, 9.17) is 23.2 Å². The van der Waals surface area contributed by atoms with Crippen LogP contribution in [0.2, 0.25) is 10.0 Å². The average molecular weight is 354 g/mol. The molecule has 3 rings (SSSR count). The van der Waals surface area contributed by atoms with Gasteiger partial charge in [-0.2, -0.15) is 5.10 Å². The summed E-state index contributed by atoms with van der Waals surface area (Å²) in [4.78, 5) is 25.1. The summed E-state index contributed by atoms with van der Waals surface area (Å²) in [6.45, 7) is 0.433. The molecule has 0 aliphatic carbocycles. The zero-order chi connectivity index (χ0) is 16.6. The monoisotopic (exact) mass is 353 g/mol. The molecule has 6 nitrogen and oxygen atoms in total. The molecule has 1 saturated heterocycles. The van der Waals surface area contributed by atoms with Crippen molar-refractivity contribution in [3.8, 4) is 5.69 Å². The molecule has 23 heavy (non-hydrogen) atoms. The number of halogens is 2. The zero-order valence-electron chi connectivity index (χ0n) is 11.9. The van der Waals surface area contributed by atoms with E-state index in [1.807, 2.05) is 0 Å². The van der Waals surface area contributed by atoms with Crippen molar-refractivity contribution in [2.24, 2.45) is 0 Å². The molecule has 2 heterocycles. The molecular formula is C15H13Cl2N3O3. The van der Waals surface area contributed by atoms with Gasteiger partial charge in [0.05, 0.1) is 22.5 Å². The SMILES string of the molecule is O=C(O)[C@@H]1CCCN1C(=O)c1cnn(-c2ccc(Cl)cc2Cl)c1. The number of carboxylic acid groups (broad SMARTS) is 1. The number of amides is 1. The summed E-state index contributed by atoms with van der Waals surface area (Å²) in [6.07, 6.45) is 4.09. The molecule has 8 heteroatoms. The van der Waals surface area contributed by atoms with Gasteiger partial charge in [0.2, 0.25) is 0 Å². The van der Waals surface area contributed by atoms with E-state index in [0.717, 1.165) is 0 Å². The highest BCUT2D eigenvalue weighted by molar-refractivity contribution is 6.35. The quantitative estimate of drug-likeness (QED) is 0.920. The number of nitrogens with zero attached hydrogens (tertiary/aromatic N) is 3. The second kappa shape index (κ2) is 6.22. The Bertz CT molecular complexity index is 775. The van der Waals surface area contributed by atoms with Gasteiger partial charge in [0, 0.05) is 17.8 Å². The van der Waals surface area contributed by atoms with Crippen molar-refractivity contribution in [2.45, 2.75) is 18.9 Å². The summed E-state index contributed by atoms with van der Waals surface area (Å²) < 4.78 is 1.47. The Labute approximate surface area is 142 Å². The van der Waals surface area contributed by atoms with E-state index in [9.17, 15) is 14.7 Å². The maximum atomic E-state index is 12.5. The number of carbonyl (C=O) groups excluding carboxylic acids is 1. The largest absolute Gasteiger partial charge is 0.480 e. The van der Waals surface area contributed by atoms with Crippen LogP contribution >= 0.6 is 23.2 Å². The number of hydrogen-bond donors (Lipinski definition) is 1. The van der Waals surface area contributed by atoms with E-state index in [1.165, 1.54) is 22.0 Å². The molecule has 1 aromatic heterocycles. The van der Waals surface area contributed by atoms with Crippen molar-refractivity contribution in [3.63, 3.8) is 0 Å². The van der Waals surface area contributed by atoms with E-state index in [1.54, 1.807) is 18.2 Å². The highest BCUT2D eigenvalue weighted by Gasteiger charge is 2.34. The number of aromatic nitrogens is 2. The Morgan fingerprint density at radius 2 is 2.09 bits per heavy atom. The molecule has 0 radical (unpaired) electrons. The van der Waals surface area contributed by atoms with Crippen molar-refractivity contribution in [3.05, 3.63) is 46.2 Å². The minimum Gasteiger partial charge on any atom is -0.480 e. The molecule has 1 fully saturated rings. The molecule has 0 spiro atoms. The van der Waals surface area contributed by atoms with Gasteiger partial charge < -0.3 is 10.0 Å². The minimum atomic E-state index is -0.982. The maximum absolute atomic E-state index is 12.5. The predicted octanol–water partition coefficient (Wildman–Crippen LogP) is 2.87. The van der Waals surface area contributed by atoms with Crippen LogP contribution in [0.1, 0.15) is 23.2 Å². The van der Waals surface area contributed by atoms with Crippen molar-refractivity contribution < 1.29 is 14.7 Å². The minimum absolute atomic E-state index is 0.323. The fraction of sp³-hybridized carbons (Fsp3) is 0.267. The lowest BCUT2D eigenvalue weighted by Crippen LogP contribution is -2.40. The molecule has 1 atom stereocenters. The third-order valence-corrected chi connectivity index (χ3v) is 4.32. The normalized spacial score (nSPS) is 17.5. The zero-order valence-corrected chi connectivity index (χ0v) is 13.5. The molecule has 2 aromatic rings.